The summed E-state index contributed by atoms with van der Waals surface area (Å²) in [6.07, 6.45) is 0. The SMILES string of the molecule is c1ccc(-c2nc(-n3c4ccccc4c4c5c(cc(-c6ccc7c(c6)c6ccccc6n7-c6ccccc6)c43)C(c3ccccc3)(c3ccccc3)c3ccccc3-5)nc3ccccc23)cc1. The van der Waals surface area contributed by atoms with Crippen LogP contribution in [-0.2, 0) is 5.41 Å². The normalized spacial score (nSPS) is 12.9. The lowest BCUT2D eigenvalue weighted by atomic mass is 9.67. The van der Waals surface area contributed by atoms with Crippen molar-refractivity contribution >= 4 is 54.5 Å². The van der Waals surface area contributed by atoms with Crippen molar-refractivity contribution in [2.75, 3.05) is 0 Å². The van der Waals surface area contributed by atoms with Crippen molar-refractivity contribution in [1.29, 1.82) is 0 Å². The average Bonchev–Trinajstić information content (AvgIpc) is 4.03. The molecule has 4 heteroatoms. The zero-order valence-corrected chi connectivity index (χ0v) is 36.4. The summed E-state index contributed by atoms with van der Waals surface area (Å²) in [5.74, 6) is 0.635. The van der Waals surface area contributed by atoms with E-state index in [-0.39, 0.29) is 0 Å². The molecular formula is C63H40N4. The first kappa shape index (κ1) is 37.5. The van der Waals surface area contributed by atoms with Crippen LogP contribution in [0.3, 0.4) is 0 Å². The summed E-state index contributed by atoms with van der Waals surface area (Å²) in [6, 6.07) is 88.2. The Hall–Kier alpha value is -8.86. The second kappa shape index (κ2) is 14.6. The summed E-state index contributed by atoms with van der Waals surface area (Å²) in [4.78, 5) is 11.1. The Labute approximate surface area is 387 Å². The maximum Gasteiger partial charge on any atom is 0.235 e. The van der Waals surface area contributed by atoms with E-state index in [0.29, 0.717) is 5.95 Å². The third kappa shape index (κ3) is 5.35. The zero-order valence-electron chi connectivity index (χ0n) is 36.4. The molecule has 1 aliphatic carbocycles. The van der Waals surface area contributed by atoms with Crippen LogP contribution in [-0.4, -0.2) is 19.1 Å². The monoisotopic (exact) mass is 852 g/mol. The van der Waals surface area contributed by atoms with Gasteiger partial charge in [-0.3, -0.25) is 4.57 Å². The van der Waals surface area contributed by atoms with Crippen molar-refractivity contribution in [1.82, 2.24) is 19.1 Å². The van der Waals surface area contributed by atoms with Gasteiger partial charge < -0.3 is 4.57 Å². The summed E-state index contributed by atoms with van der Waals surface area (Å²) >= 11 is 0. The molecule has 3 aromatic heterocycles. The molecule has 0 bridgehead atoms. The van der Waals surface area contributed by atoms with Crippen molar-refractivity contribution in [3.63, 3.8) is 0 Å². The highest BCUT2D eigenvalue weighted by Gasteiger charge is 2.47. The molecule has 3 heterocycles. The number of rotatable bonds is 6. The van der Waals surface area contributed by atoms with Crippen molar-refractivity contribution < 1.29 is 0 Å². The van der Waals surface area contributed by atoms with E-state index in [1.807, 2.05) is 0 Å². The van der Waals surface area contributed by atoms with Crippen LogP contribution in [0.25, 0.3) is 99.7 Å². The fourth-order valence-electron chi connectivity index (χ4n) is 11.5. The van der Waals surface area contributed by atoms with Gasteiger partial charge in [-0.15, -0.1) is 0 Å². The molecule has 0 aliphatic heterocycles. The van der Waals surface area contributed by atoms with E-state index in [1.54, 1.807) is 0 Å². The molecule has 0 atom stereocenters. The van der Waals surface area contributed by atoms with Gasteiger partial charge >= 0.3 is 0 Å². The van der Waals surface area contributed by atoms with Crippen molar-refractivity contribution in [3.8, 4) is 45.1 Å². The quantitative estimate of drug-likeness (QED) is 0.167. The molecule has 0 fully saturated rings. The minimum Gasteiger partial charge on any atom is -0.309 e. The van der Waals surface area contributed by atoms with Crippen LogP contribution >= 0.6 is 0 Å². The first-order valence-corrected chi connectivity index (χ1v) is 23.0. The van der Waals surface area contributed by atoms with E-state index in [1.165, 1.54) is 55.1 Å². The van der Waals surface area contributed by atoms with E-state index in [0.717, 1.165) is 60.9 Å². The van der Waals surface area contributed by atoms with Gasteiger partial charge in [0.25, 0.3) is 0 Å². The maximum atomic E-state index is 5.59. The number of hydrogen-bond acceptors (Lipinski definition) is 2. The second-order valence-electron chi connectivity index (χ2n) is 17.6. The number of nitrogens with zero attached hydrogens (tertiary/aromatic N) is 4. The minimum atomic E-state index is -0.617. The van der Waals surface area contributed by atoms with Gasteiger partial charge in [0.2, 0.25) is 5.95 Å². The van der Waals surface area contributed by atoms with Crippen LogP contribution in [0.1, 0.15) is 22.3 Å². The number of para-hydroxylation sites is 4. The smallest absolute Gasteiger partial charge is 0.235 e. The molecule has 4 nitrogen and oxygen atoms in total. The van der Waals surface area contributed by atoms with Crippen LogP contribution < -0.4 is 0 Å². The summed E-state index contributed by atoms with van der Waals surface area (Å²) in [5.41, 5.74) is 17.5. The molecule has 0 spiro atoms. The molecule has 312 valence electrons. The number of hydrogen-bond donors (Lipinski definition) is 0. The van der Waals surface area contributed by atoms with Gasteiger partial charge in [-0.25, -0.2) is 9.97 Å². The Morgan fingerprint density at radius 1 is 0.358 bits per heavy atom. The highest BCUT2D eigenvalue weighted by Crippen LogP contribution is 2.60. The van der Waals surface area contributed by atoms with E-state index in [9.17, 15) is 0 Å². The van der Waals surface area contributed by atoms with E-state index < -0.39 is 5.41 Å². The highest BCUT2D eigenvalue weighted by molar-refractivity contribution is 6.22. The van der Waals surface area contributed by atoms with Gasteiger partial charge in [0.05, 0.1) is 38.7 Å². The lowest BCUT2D eigenvalue weighted by Crippen LogP contribution is -2.28. The van der Waals surface area contributed by atoms with Gasteiger partial charge in [-0.2, -0.15) is 0 Å². The Kier molecular flexibility index (Phi) is 8.16. The Morgan fingerprint density at radius 3 is 1.66 bits per heavy atom. The third-order valence-electron chi connectivity index (χ3n) is 14.2. The van der Waals surface area contributed by atoms with Crippen LogP contribution in [0.5, 0.6) is 0 Å². The lowest BCUT2D eigenvalue weighted by Gasteiger charge is -2.34. The van der Waals surface area contributed by atoms with Crippen LogP contribution in [0.15, 0.2) is 243 Å². The summed E-state index contributed by atoms with van der Waals surface area (Å²) in [6.45, 7) is 0. The molecule has 0 unspecified atom stereocenters. The fraction of sp³-hybridized carbons (Fsp3) is 0.0159. The molecule has 10 aromatic carbocycles. The van der Waals surface area contributed by atoms with Crippen LogP contribution in [0.4, 0.5) is 0 Å². The predicted molar refractivity (Wildman–Crippen MR) is 276 cm³/mol. The molecule has 0 saturated carbocycles. The largest absolute Gasteiger partial charge is 0.309 e. The molecule has 1 aliphatic rings. The number of aromatic nitrogens is 4. The standard InChI is InChI=1S/C63H40N4/c1-5-21-41(22-6-1)60-48-31-14-18-34-54(48)64-62(65-60)67-56-36-20-16-32-49(56)59-58-47-30-13-17-33-52(47)63(43-23-7-2-8-24-43,44-25-9-3-10-26-44)53(58)40-50(61(59)67)42-37-38-57-51(39-42)46-29-15-19-35-55(46)66(57)45-27-11-4-12-28-45/h1-40H. The van der Waals surface area contributed by atoms with Gasteiger partial charge in [0.1, 0.15) is 0 Å². The van der Waals surface area contributed by atoms with E-state index >= 15 is 0 Å². The first-order chi connectivity index (χ1) is 33.3. The number of benzene rings is 10. The number of fused-ring (bicyclic) bond motifs is 11. The van der Waals surface area contributed by atoms with Gasteiger partial charge in [-0.1, -0.05) is 194 Å². The molecule has 14 rings (SSSR count). The average molecular weight is 853 g/mol. The fourth-order valence-corrected chi connectivity index (χ4v) is 11.5. The van der Waals surface area contributed by atoms with Gasteiger partial charge in [0, 0.05) is 43.7 Å². The summed E-state index contributed by atoms with van der Waals surface area (Å²) < 4.78 is 4.74. The van der Waals surface area contributed by atoms with Crippen molar-refractivity contribution in [3.05, 3.63) is 265 Å². The molecule has 13 aromatic rings. The Balaban J connectivity index is 1.18. The zero-order chi connectivity index (χ0) is 44.1. The van der Waals surface area contributed by atoms with Gasteiger partial charge in [0.15, 0.2) is 0 Å². The molecule has 0 N–H and O–H groups in total. The summed E-state index contributed by atoms with van der Waals surface area (Å²) in [5, 5.41) is 5.77. The topological polar surface area (TPSA) is 35.6 Å². The molecule has 0 radical (unpaired) electrons. The second-order valence-corrected chi connectivity index (χ2v) is 17.6. The Morgan fingerprint density at radius 2 is 0.925 bits per heavy atom. The minimum absolute atomic E-state index is 0.617. The predicted octanol–water partition coefficient (Wildman–Crippen LogP) is 15.5. The summed E-state index contributed by atoms with van der Waals surface area (Å²) in [7, 11) is 0. The van der Waals surface area contributed by atoms with Crippen molar-refractivity contribution in [2.45, 2.75) is 5.41 Å². The third-order valence-corrected chi connectivity index (χ3v) is 14.2. The lowest BCUT2D eigenvalue weighted by molar-refractivity contribution is 0.769. The molecule has 0 saturated heterocycles. The molecule has 67 heavy (non-hydrogen) atoms. The van der Waals surface area contributed by atoms with E-state index in [4.69, 9.17) is 9.97 Å². The highest BCUT2D eigenvalue weighted by atomic mass is 15.2. The maximum absolute atomic E-state index is 5.59. The van der Waals surface area contributed by atoms with Gasteiger partial charge in [-0.05, 0) is 87.5 Å². The Bertz CT molecular complexity index is 4040. The van der Waals surface area contributed by atoms with E-state index in [2.05, 4.69) is 252 Å². The van der Waals surface area contributed by atoms with Crippen LogP contribution in [0.2, 0.25) is 0 Å². The van der Waals surface area contributed by atoms with Crippen LogP contribution in [0, 0.1) is 0 Å². The van der Waals surface area contributed by atoms with Crippen molar-refractivity contribution in [2.24, 2.45) is 0 Å². The molecular weight excluding hydrogens is 813 g/mol. The first-order valence-electron chi connectivity index (χ1n) is 23.0. The molecule has 0 amide bonds.